The summed E-state index contributed by atoms with van der Waals surface area (Å²) in [5.41, 5.74) is 0.502. The summed E-state index contributed by atoms with van der Waals surface area (Å²) in [5, 5.41) is 6.40. The number of benzene rings is 1. The van der Waals surface area contributed by atoms with Crippen LogP contribution >= 0.6 is 11.3 Å². The van der Waals surface area contributed by atoms with Crippen molar-refractivity contribution in [2.24, 2.45) is 0 Å². The number of aromatic nitrogens is 1. The maximum absolute atomic E-state index is 12.8. The van der Waals surface area contributed by atoms with Gasteiger partial charge in [-0.2, -0.15) is 0 Å². The van der Waals surface area contributed by atoms with Crippen LogP contribution in [0.15, 0.2) is 35.8 Å². The van der Waals surface area contributed by atoms with Gasteiger partial charge in [-0.05, 0) is 32.4 Å². The van der Waals surface area contributed by atoms with Crippen molar-refractivity contribution in [1.29, 1.82) is 0 Å². The quantitative estimate of drug-likeness (QED) is 0.915. The van der Waals surface area contributed by atoms with Crippen molar-refractivity contribution in [3.05, 3.63) is 40.8 Å². The Balaban J connectivity index is 1.77. The Bertz CT molecular complexity index is 685. The Morgan fingerprint density at radius 2 is 2.17 bits per heavy atom. The van der Waals surface area contributed by atoms with Gasteiger partial charge in [-0.3, -0.25) is 10.1 Å². The van der Waals surface area contributed by atoms with Crippen LogP contribution in [0.4, 0.5) is 5.69 Å². The fourth-order valence-corrected chi connectivity index (χ4v) is 3.66. The molecule has 2 aromatic rings. The zero-order valence-electron chi connectivity index (χ0n) is 13.6. The molecule has 1 fully saturated rings. The SMILES string of the molecule is COc1ccccc1N1CCC(NC(C)(C)c2nccs2)C1=O. The predicted octanol–water partition coefficient (Wildman–Crippen LogP) is 2.78. The minimum Gasteiger partial charge on any atom is -0.495 e. The highest BCUT2D eigenvalue weighted by Crippen LogP contribution is 2.32. The first-order valence-electron chi connectivity index (χ1n) is 7.65. The van der Waals surface area contributed by atoms with E-state index in [0.717, 1.165) is 22.9 Å². The second-order valence-electron chi connectivity index (χ2n) is 6.11. The molecule has 6 heteroatoms. The molecule has 1 aliphatic rings. The molecule has 1 amide bonds. The maximum atomic E-state index is 12.8. The van der Waals surface area contributed by atoms with E-state index >= 15 is 0 Å². The standard InChI is InChI=1S/C17H21N3O2S/c1-17(2,16-18-9-11-23-16)19-12-8-10-20(15(12)21)13-6-4-5-7-14(13)22-3/h4-7,9,11-12,19H,8,10H2,1-3H3. The number of methoxy groups -OCH3 is 1. The molecule has 2 heterocycles. The molecule has 0 spiro atoms. The number of hydrogen-bond acceptors (Lipinski definition) is 5. The van der Waals surface area contributed by atoms with Crippen molar-refractivity contribution < 1.29 is 9.53 Å². The number of ether oxygens (including phenoxy) is 1. The second kappa shape index (κ2) is 6.29. The summed E-state index contributed by atoms with van der Waals surface area (Å²) in [5.74, 6) is 0.805. The van der Waals surface area contributed by atoms with Gasteiger partial charge in [-0.25, -0.2) is 4.98 Å². The maximum Gasteiger partial charge on any atom is 0.244 e. The number of anilines is 1. The molecule has 0 saturated carbocycles. The van der Waals surface area contributed by atoms with E-state index in [4.69, 9.17) is 4.74 Å². The highest BCUT2D eigenvalue weighted by atomic mass is 32.1. The van der Waals surface area contributed by atoms with E-state index in [0.29, 0.717) is 6.54 Å². The third-order valence-electron chi connectivity index (χ3n) is 4.08. The van der Waals surface area contributed by atoms with Crippen LogP contribution in [0.2, 0.25) is 0 Å². The number of carbonyl (C=O) groups excluding carboxylic acids is 1. The predicted molar refractivity (Wildman–Crippen MR) is 92.0 cm³/mol. The molecule has 122 valence electrons. The van der Waals surface area contributed by atoms with E-state index in [2.05, 4.69) is 24.1 Å². The Morgan fingerprint density at radius 1 is 1.39 bits per heavy atom. The molecule has 1 N–H and O–H groups in total. The molecular weight excluding hydrogens is 310 g/mol. The molecule has 1 atom stereocenters. The van der Waals surface area contributed by atoms with Crippen molar-refractivity contribution in [3.8, 4) is 5.75 Å². The molecule has 3 rings (SSSR count). The third-order valence-corrected chi connectivity index (χ3v) is 5.18. The lowest BCUT2D eigenvalue weighted by atomic mass is 10.0. The van der Waals surface area contributed by atoms with Crippen LogP contribution in [0, 0.1) is 0 Å². The fourth-order valence-electron chi connectivity index (χ4n) is 2.94. The van der Waals surface area contributed by atoms with Gasteiger partial charge in [0.1, 0.15) is 10.8 Å². The van der Waals surface area contributed by atoms with Gasteiger partial charge in [0.05, 0.1) is 24.4 Å². The van der Waals surface area contributed by atoms with Gasteiger partial charge in [0.2, 0.25) is 5.91 Å². The van der Waals surface area contributed by atoms with E-state index < -0.39 is 0 Å². The van der Waals surface area contributed by atoms with Crippen LogP contribution in [-0.4, -0.2) is 30.6 Å². The smallest absolute Gasteiger partial charge is 0.244 e. The Labute approximate surface area is 140 Å². The molecule has 1 unspecified atom stereocenters. The molecule has 0 radical (unpaired) electrons. The largest absolute Gasteiger partial charge is 0.495 e. The van der Waals surface area contributed by atoms with Crippen LogP contribution < -0.4 is 15.0 Å². The fraction of sp³-hybridized carbons (Fsp3) is 0.412. The lowest BCUT2D eigenvalue weighted by Gasteiger charge is -2.27. The van der Waals surface area contributed by atoms with Gasteiger partial charge in [0, 0.05) is 18.1 Å². The normalized spacial score (nSPS) is 18.5. The minimum absolute atomic E-state index is 0.0825. The first-order valence-corrected chi connectivity index (χ1v) is 8.53. The van der Waals surface area contributed by atoms with Crippen molar-refractivity contribution in [3.63, 3.8) is 0 Å². The van der Waals surface area contributed by atoms with Gasteiger partial charge in [0.25, 0.3) is 0 Å². The van der Waals surface area contributed by atoms with Crippen LogP contribution in [0.3, 0.4) is 0 Å². The zero-order valence-corrected chi connectivity index (χ0v) is 14.4. The average molecular weight is 331 g/mol. The summed E-state index contributed by atoms with van der Waals surface area (Å²) in [6.07, 6.45) is 2.56. The van der Waals surface area contributed by atoms with Crippen LogP contribution in [0.25, 0.3) is 0 Å². The number of carbonyl (C=O) groups is 1. The van der Waals surface area contributed by atoms with E-state index in [-0.39, 0.29) is 17.5 Å². The molecule has 23 heavy (non-hydrogen) atoms. The molecule has 1 aromatic heterocycles. The van der Waals surface area contributed by atoms with E-state index in [9.17, 15) is 4.79 Å². The topological polar surface area (TPSA) is 54.5 Å². The van der Waals surface area contributed by atoms with Gasteiger partial charge in [-0.1, -0.05) is 12.1 Å². The molecule has 1 aliphatic heterocycles. The molecule has 0 bridgehead atoms. The Kier molecular flexibility index (Phi) is 4.37. The van der Waals surface area contributed by atoms with Gasteiger partial charge in [-0.15, -0.1) is 11.3 Å². The highest BCUT2D eigenvalue weighted by molar-refractivity contribution is 7.09. The molecule has 1 aromatic carbocycles. The molecular formula is C17H21N3O2S. The molecule has 0 aliphatic carbocycles. The first kappa shape index (κ1) is 16.0. The van der Waals surface area contributed by atoms with E-state index in [1.165, 1.54) is 0 Å². The van der Waals surface area contributed by atoms with Crippen LogP contribution in [0.5, 0.6) is 5.75 Å². The highest BCUT2D eigenvalue weighted by Gasteiger charge is 2.38. The number of thiazole rings is 1. The Hall–Kier alpha value is -1.92. The van der Waals surface area contributed by atoms with Gasteiger partial charge < -0.3 is 9.64 Å². The summed E-state index contributed by atoms with van der Waals surface area (Å²) in [6.45, 7) is 4.81. The molecule has 5 nitrogen and oxygen atoms in total. The Morgan fingerprint density at radius 3 is 2.87 bits per heavy atom. The number of nitrogens with zero attached hydrogens (tertiary/aromatic N) is 2. The van der Waals surface area contributed by atoms with E-state index in [1.54, 1.807) is 29.5 Å². The number of para-hydroxylation sites is 2. The van der Waals surface area contributed by atoms with Crippen molar-refractivity contribution in [2.75, 3.05) is 18.6 Å². The van der Waals surface area contributed by atoms with Crippen molar-refractivity contribution >= 4 is 22.9 Å². The summed E-state index contributed by atoms with van der Waals surface area (Å²) < 4.78 is 5.38. The van der Waals surface area contributed by atoms with Crippen LogP contribution in [-0.2, 0) is 10.3 Å². The van der Waals surface area contributed by atoms with Crippen LogP contribution in [0.1, 0.15) is 25.3 Å². The van der Waals surface area contributed by atoms with E-state index in [1.807, 2.05) is 29.6 Å². The van der Waals surface area contributed by atoms with Crippen molar-refractivity contribution in [1.82, 2.24) is 10.3 Å². The first-order chi connectivity index (χ1) is 11.0. The lowest BCUT2D eigenvalue weighted by Crippen LogP contribution is -2.47. The number of nitrogens with one attached hydrogen (secondary N) is 1. The zero-order chi connectivity index (χ0) is 16.4. The van der Waals surface area contributed by atoms with Gasteiger partial charge in [0.15, 0.2) is 0 Å². The number of rotatable bonds is 5. The van der Waals surface area contributed by atoms with Gasteiger partial charge >= 0.3 is 0 Å². The number of amides is 1. The monoisotopic (exact) mass is 331 g/mol. The number of hydrogen-bond donors (Lipinski definition) is 1. The lowest BCUT2D eigenvalue weighted by molar-refractivity contribution is -0.119. The summed E-state index contributed by atoms with van der Waals surface area (Å²) >= 11 is 1.60. The average Bonchev–Trinajstić information content (AvgIpc) is 3.19. The second-order valence-corrected chi connectivity index (χ2v) is 7.00. The molecule has 1 saturated heterocycles. The summed E-state index contributed by atoms with van der Waals surface area (Å²) in [4.78, 5) is 19.0. The van der Waals surface area contributed by atoms with Crippen molar-refractivity contribution in [2.45, 2.75) is 31.8 Å². The summed E-state index contributed by atoms with van der Waals surface area (Å²) in [7, 11) is 1.63. The third kappa shape index (κ3) is 3.09. The summed E-state index contributed by atoms with van der Waals surface area (Å²) in [6, 6.07) is 7.42. The minimum atomic E-state index is -0.328.